The third-order valence-electron chi connectivity index (χ3n) is 6.44. The average Bonchev–Trinajstić information content (AvgIpc) is 3.32. The number of hydrogen-bond donors (Lipinski definition) is 0. The van der Waals surface area contributed by atoms with Crippen LogP contribution in [0.4, 0.5) is 11.4 Å². The number of hydrogen-bond acceptors (Lipinski definition) is 4. The van der Waals surface area contributed by atoms with Crippen molar-refractivity contribution in [2.45, 2.75) is 19.3 Å². The van der Waals surface area contributed by atoms with E-state index in [0.29, 0.717) is 29.4 Å². The summed E-state index contributed by atoms with van der Waals surface area (Å²) < 4.78 is 0. The maximum absolute atomic E-state index is 12.9. The molecule has 0 radical (unpaired) electrons. The van der Waals surface area contributed by atoms with Gasteiger partial charge in [-0.05, 0) is 49.0 Å². The van der Waals surface area contributed by atoms with E-state index in [1.165, 1.54) is 29.5 Å². The first kappa shape index (κ1) is 13.2. The predicted molar refractivity (Wildman–Crippen MR) is 80.4 cm³/mol. The molecule has 5 aliphatic rings. The number of carbonyl (C=O) groups excluding carboxylic acids is 2. The van der Waals surface area contributed by atoms with Gasteiger partial charge < -0.3 is 0 Å². The number of rotatable bonds is 2. The zero-order valence-corrected chi connectivity index (χ0v) is 12.4. The summed E-state index contributed by atoms with van der Waals surface area (Å²) in [6.45, 7) is 0. The average molecular weight is 312 g/mol. The van der Waals surface area contributed by atoms with Crippen molar-refractivity contribution in [3.8, 4) is 0 Å². The SMILES string of the molecule is O=C1[C@@H]2[C@@H]3CC[C@@H]([C@H]4C[C@H]43)[C@@H]2C(=O)N1c1cccc([N+](=O)[O-])c1. The Hall–Kier alpha value is -2.24. The molecule has 1 heterocycles. The molecule has 0 unspecified atom stereocenters. The van der Waals surface area contributed by atoms with Crippen LogP contribution >= 0.6 is 0 Å². The predicted octanol–water partition coefficient (Wildman–Crippen LogP) is 2.38. The third-order valence-corrected chi connectivity index (χ3v) is 6.44. The molecule has 6 heteroatoms. The molecule has 0 spiro atoms. The first-order valence-corrected chi connectivity index (χ1v) is 8.20. The lowest BCUT2D eigenvalue weighted by atomic mass is 9.59. The molecule has 1 saturated heterocycles. The highest BCUT2D eigenvalue weighted by atomic mass is 16.6. The number of imide groups is 1. The van der Waals surface area contributed by atoms with E-state index in [1.807, 2.05) is 0 Å². The van der Waals surface area contributed by atoms with E-state index in [0.717, 1.165) is 12.8 Å². The number of nitro groups is 1. The van der Waals surface area contributed by atoms with Crippen LogP contribution in [0.1, 0.15) is 19.3 Å². The van der Waals surface area contributed by atoms with Gasteiger partial charge in [-0.3, -0.25) is 19.7 Å². The van der Waals surface area contributed by atoms with Gasteiger partial charge in [-0.15, -0.1) is 0 Å². The van der Waals surface area contributed by atoms with Crippen LogP contribution in [0.2, 0.25) is 0 Å². The number of amides is 2. The van der Waals surface area contributed by atoms with Gasteiger partial charge in [0.25, 0.3) is 5.69 Å². The van der Waals surface area contributed by atoms with Gasteiger partial charge in [-0.2, -0.15) is 0 Å². The van der Waals surface area contributed by atoms with Gasteiger partial charge in [0, 0.05) is 12.1 Å². The zero-order valence-electron chi connectivity index (χ0n) is 12.4. The van der Waals surface area contributed by atoms with Crippen LogP contribution in [-0.4, -0.2) is 16.7 Å². The first-order chi connectivity index (χ1) is 11.1. The Bertz CT molecular complexity index is 727. The molecule has 5 fully saturated rings. The monoisotopic (exact) mass is 312 g/mol. The molecule has 4 saturated carbocycles. The highest BCUT2D eigenvalue weighted by Gasteiger charge is 2.68. The second-order valence-corrected chi connectivity index (χ2v) is 7.31. The number of nitrogens with zero attached hydrogens (tertiary/aromatic N) is 2. The molecule has 6 rings (SSSR count). The van der Waals surface area contributed by atoms with Gasteiger partial charge in [0.05, 0.1) is 22.4 Å². The number of benzene rings is 1. The van der Waals surface area contributed by atoms with Gasteiger partial charge in [0.2, 0.25) is 11.8 Å². The summed E-state index contributed by atoms with van der Waals surface area (Å²) in [6.07, 6.45) is 3.28. The van der Waals surface area contributed by atoms with Crippen molar-refractivity contribution in [3.05, 3.63) is 34.4 Å². The fraction of sp³-hybridized carbons (Fsp3) is 0.529. The minimum absolute atomic E-state index is 0.0937. The molecule has 2 amide bonds. The van der Waals surface area contributed by atoms with Gasteiger partial charge in [-0.1, -0.05) is 6.07 Å². The molecular weight excluding hydrogens is 296 g/mol. The van der Waals surface area contributed by atoms with E-state index < -0.39 is 4.92 Å². The fourth-order valence-electron chi connectivity index (χ4n) is 5.54. The minimum Gasteiger partial charge on any atom is -0.274 e. The molecule has 2 bridgehead atoms. The smallest absolute Gasteiger partial charge is 0.271 e. The van der Waals surface area contributed by atoms with Gasteiger partial charge in [-0.25, -0.2) is 4.90 Å². The number of anilines is 1. The second-order valence-electron chi connectivity index (χ2n) is 7.31. The Morgan fingerprint density at radius 3 is 2.17 bits per heavy atom. The maximum atomic E-state index is 12.9. The van der Waals surface area contributed by atoms with Crippen LogP contribution < -0.4 is 4.90 Å². The molecule has 6 nitrogen and oxygen atoms in total. The van der Waals surface area contributed by atoms with Crippen LogP contribution in [0.5, 0.6) is 0 Å². The normalized spacial score (nSPS) is 40.1. The highest BCUT2D eigenvalue weighted by Crippen LogP contribution is 2.68. The summed E-state index contributed by atoms with van der Waals surface area (Å²) in [5.74, 6) is 1.30. The summed E-state index contributed by atoms with van der Waals surface area (Å²) in [6, 6.07) is 5.85. The maximum Gasteiger partial charge on any atom is 0.271 e. The molecule has 6 atom stereocenters. The Morgan fingerprint density at radius 2 is 1.61 bits per heavy atom. The van der Waals surface area contributed by atoms with E-state index in [-0.39, 0.29) is 29.3 Å². The van der Waals surface area contributed by atoms with Crippen LogP contribution in [0.15, 0.2) is 24.3 Å². The van der Waals surface area contributed by atoms with E-state index in [1.54, 1.807) is 6.07 Å². The third kappa shape index (κ3) is 1.58. The van der Waals surface area contributed by atoms with E-state index in [4.69, 9.17) is 0 Å². The number of nitro benzene ring substituents is 1. The second kappa shape index (κ2) is 4.19. The van der Waals surface area contributed by atoms with Crippen molar-refractivity contribution in [1.29, 1.82) is 0 Å². The molecule has 1 aliphatic heterocycles. The molecule has 1 aromatic rings. The Balaban J connectivity index is 1.56. The van der Waals surface area contributed by atoms with Crippen LogP contribution in [0.25, 0.3) is 0 Å². The summed E-state index contributed by atoms with van der Waals surface area (Å²) in [5, 5.41) is 11.0. The number of non-ortho nitro benzene ring substituents is 1. The number of carbonyl (C=O) groups is 2. The topological polar surface area (TPSA) is 80.5 Å². The number of fused-ring (bicyclic) bond motifs is 1. The summed E-state index contributed by atoms with van der Waals surface area (Å²) in [4.78, 5) is 37.5. The Labute approximate surface area is 132 Å². The Morgan fingerprint density at radius 1 is 1.00 bits per heavy atom. The van der Waals surface area contributed by atoms with Crippen LogP contribution in [0.3, 0.4) is 0 Å². The van der Waals surface area contributed by atoms with Gasteiger partial charge in [0.15, 0.2) is 0 Å². The first-order valence-electron chi connectivity index (χ1n) is 8.20. The zero-order chi connectivity index (χ0) is 15.9. The van der Waals surface area contributed by atoms with Crippen molar-refractivity contribution < 1.29 is 14.5 Å². The molecule has 0 aromatic heterocycles. The van der Waals surface area contributed by atoms with Crippen molar-refractivity contribution in [2.75, 3.05) is 4.90 Å². The van der Waals surface area contributed by atoms with Crippen LogP contribution in [0, 0.1) is 45.6 Å². The molecule has 0 N–H and O–H groups in total. The lowest BCUT2D eigenvalue weighted by molar-refractivity contribution is -0.384. The summed E-state index contributed by atoms with van der Waals surface area (Å²) >= 11 is 0. The van der Waals surface area contributed by atoms with Crippen molar-refractivity contribution in [2.24, 2.45) is 35.5 Å². The van der Waals surface area contributed by atoms with Crippen molar-refractivity contribution >= 4 is 23.2 Å². The fourth-order valence-corrected chi connectivity index (χ4v) is 5.54. The lowest BCUT2D eigenvalue weighted by Crippen LogP contribution is -2.43. The summed E-state index contributed by atoms with van der Waals surface area (Å²) in [7, 11) is 0. The van der Waals surface area contributed by atoms with Gasteiger partial charge in [0.1, 0.15) is 0 Å². The molecule has 118 valence electrons. The molecule has 1 aromatic carbocycles. The van der Waals surface area contributed by atoms with E-state index >= 15 is 0 Å². The largest absolute Gasteiger partial charge is 0.274 e. The molecule has 23 heavy (non-hydrogen) atoms. The van der Waals surface area contributed by atoms with E-state index in [9.17, 15) is 19.7 Å². The van der Waals surface area contributed by atoms with E-state index in [2.05, 4.69) is 0 Å². The Kier molecular flexibility index (Phi) is 2.41. The standard InChI is InChI=1S/C17H16N2O4/c20-16-14-10-4-5-11(13-7-12(10)13)15(14)17(21)18(16)8-2-1-3-9(6-8)19(22)23/h1-3,6,10-15H,4-5,7H2/t10-,11+,12+,13-,14-,15+. The van der Waals surface area contributed by atoms with Crippen molar-refractivity contribution in [1.82, 2.24) is 0 Å². The minimum atomic E-state index is -0.500. The quantitative estimate of drug-likeness (QED) is 0.477. The summed E-state index contributed by atoms with van der Waals surface area (Å²) in [5.41, 5.74) is 0.250. The highest BCUT2D eigenvalue weighted by molar-refractivity contribution is 6.22. The van der Waals surface area contributed by atoms with Crippen molar-refractivity contribution in [3.63, 3.8) is 0 Å². The van der Waals surface area contributed by atoms with Crippen LogP contribution in [-0.2, 0) is 9.59 Å². The molecule has 4 aliphatic carbocycles. The van der Waals surface area contributed by atoms with Gasteiger partial charge >= 0.3 is 0 Å². The molecular formula is C17H16N2O4. The lowest BCUT2D eigenvalue weighted by Gasteiger charge is -2.42.